The molecule has 0 radical (unpaired) electrons. The average Bonchev–Trinajstić information content (AvgIpc) is 2.87. The number of aromatic amines is 1. The zero-order valence-corrected chi connectivity index (χ0v) is 13.1. The number of nitrogens with one attached hydrogen (secondary N) is 2. The lowest BCUT2D eigenvalue weighted by Crippen LogP contribution is -2.25. The predicted molar refractivity (Wildman–Crippen MR) is 89.5 cm³/mol. The van der Waals surface area contributed by atoms with Crippen molar-refractivity contribution in [2.24, 2.45) is 0 Å². The minimum atomic E-state index is -0.506. The van der Waals surface area contributed by atoms with E-state index in [9.17, 15) is 9.59 Å². The molecule has 3 aromatic rings. The van der Waals surface area contributed by atoms with Gasteiger partial charge in [-0.1, -0.05) is 44.2 Å². The van der Waals surface area contributed by atoms with Crippen molar-refractivity contribution in [1.29, 1.82) is 0 Å². The number of amides is 1. The third-order valence-corrected chi connectivity index (χ3v) is 3.86. The normalized spacial score (nSPS) is 11.6. The lowest BCUT2D eigenvalue weighted by atomic mass is 9.81. The van der Waals surface area contributed by atoms with Gasteiger partial charge in [-0.2, -0.15) is 0 Å². The van der Waals surface area contributed by atoms with Gasteiger partial charge in [-0.3, -0.25) is 9.78 Å². The van der Waals surface area contributed by atoms with Crippen LogP contribution in [0.5, 0.6) is 0 Å². The molecule has 2 aromatic carbocycles. The van der Waals surface area contributed by atoms with Crippen LogP contribution in [0.2, 0.25) is 0 Å². The van der Waals surface area contributed by atoms with E-state index in [1.165, 1.54) is 0 Å². The lowest BCUT2D eigenvalue weighted by molar-refractivity contribution is -0.117. The van der Waals surface area contributed by atoms with E-state index in [0.717, 1.165) is 5.56 Å². The molecule has 5 heteroatoms. The van der Waals surface area contributed by atoms with Crippen LogP contribution >= 0.6 is 0 Å². The van der Waals surface area contributed by atoms with Crippen LogP contribution in [0, 0.1) is 0 Å². The van der Waals surface area contributed by atoms with E-state index in [4.69, 9.17) is 4.42 Å². The van der Waals surface area contributed by atoms with Gasteiger partial charge in [-0.15, -0.1) is 0 Å². The number of carbonyl (C=O) groups excluding carboxylic acids is 1. The van der Waals surface area contributed by atoms with Gasteiger partial charge in [0.15, 0.2) is 5.58 Å². The predicted octanol–water partition coefficient (Wildman–Crippen LogP) is 3.43. The molecule has 0 saturated heterocycles. The summed E-state index contributed by atoms with van der Waals surface area (Å²) < 4.78 is 4.94. The number of rotatable bonds is 4. The van der Waals surface area contributed by atoms with E-state index in [0.29, 0.717) is 23.2 Å². The molecule has 0 aliphatic carbocycles. The molecule has 0 unspecified atom stereocenters. The molecule has 0 bridgehead atoms. The summed E-state index contributed by atoms with van der Waals surface area (Å²) in [6, 6.07) is 15.0. The van der Waals surface area contributed by atoms with Crippen molar-refractivity contribution in [2.45, 2.75) is 25.7 Å². The summed E-state index contributed by atoms with van der Waals surface area (Å²) in [6.07, 6.45) is 0.358. The molecule has 3 rings (SSSR count). The molecule has 2 N–H and O–H groups in total. The zero-order chi connectivity index (χ0) is 16.4. The second-order valence-corrected chi connectivity index (χ2v) is 6.20. The molecule has 1 heterocycles. The highest BCUT2D eigenvalue weighted by Crippen LogP contribution is 2.27. The number of aromatic nitrogens is 1. The largest absolute Gasteiger partial charge is 0.417 e. The van der Waals surface area contributed by atoms with Gasteiger partial charge < -0.3 is 9.73 Å². The molecular formula is C18H18N2O3. The SMILES string of the molecule is CC(C)(CC(=O)Nc1ccc2oc(=O)[nH]c2c1)c1ccccc1. The van der Waals surface area contributed by atoms with Crippen LogP contribution in [0.3, 0.4) is 0 Å². The second kappa shape index (κ2) is 5.76. The van der Waals surface area contributed by atoms with Gasteiger partial charge in [0.1, 0.15) is 0 Å². The summed E-state index contributed by atoms with van der Waals surface area (Å²) in [5, 5.41) is 2.87. The first-order valence-electron chi connectivity index (χ1n) is 7.42. The van der Waals surface area contributed by atoms with E-state index in [-0.39, 0.29) is 11.3 Å². The molecule has 1 amide bonds. The standard InChI is InChI=1S/C18H18N2O3/c1-18(2,12-6-4-3-5-7-12)11-16(21)19-13-8-9-15-14(10-13)20-17(22)23-15/h3-10H,11H2,1-2H3,(H,19,21)(H,20,22). The lowest BCUT2D eigenvalue weighted by Gasteiger charge is -2.24. The van der Waals surface area contributed by atoms with E-state index in [2.05, 4.69) is 10.3 Å². The van der Waals surface area contributed by atoms with E-state index < -0.39 is 5.76 Å². The Hall–Kier alpha value is -2.82. The van der Waals surface area contributed by atoms with E-state index in [1.807, 2.05) is 44.2 Å². The van der Waals surface area contributed by atoms with Crippen molar-refractivity contribution in [1.82, 2.24) is 4.98 Å². The topological polar surface area (TPSA) is 75.1 Å². The smallest absolute Gasteiger partial charge is 0.408 e. The number of oxazole rings is 1. The van der Waals surface area contributed by atoms with Crippen LogP contribution in [0.25, 0.3) is 11.1 Å². The van der Waals surface area contributed by atoms with Crippen LogP contribution in [0.15, 0.2) is 57.7 Å². The Labute approximate surface area is 133 Å². The third-order valence-electron chi connectivity index (χ3n) is 3.86. The van der Waals surface area contributed by atoms with Gasteiger partial charge in [0.25, 0.3) is 0 Å². The number of hydrogen-bond acceptors (Lipinski definition) is 3. The fourth-order valence-electron chi connectivity index (χ4n) is 2.63. The Kier molecular flexibility index (Phi) is 3.78. The molecule has 23 heavy (non-hydrogen) atoms. The number of H-pyrrole nitrogens is 1. The van der Waals surface area contributed by atoms with Crippen molar-refractivity contribution in [3.8, 4) is 0 Å². The summed E-state index contributed by atoms with van der Waals surface area (Å²) in [7, 11) is 0. The molecule has 0 spiro atoms. The van der Waals surface area contributed by atoms with Crippen LogP contribution in [-0.4, -0.2) is 10.9 Å². The average molecular weight is 310 g/mol. The minimum absolute atomic E-state index is 0.0796. The molecule has 0 saturated carbocycles. The molecular weight excluding hydrogens is 292 g/mol. The highest BCUT2D eigenvalue weighted by molar-refractivity contribution is 5.93. The number of anilines is 1. The fourth-order valence-corrected chi connectivity index (χ4v) is 2.63. The van der Waals surface area contributed by atoms with Crippen LogP contribution < -0.4 is 11.1 Å². The first kappa shape index (κ1) is 15.1. The molecule has 118 valence electrons. The minimum Gasteiger partial charge on any atom is -0.408 e. The van der Waals surface area contributed by atoms with Crippen LogP contribution in [-0.2, 0) is 10.2 Å². The molecule has 0 aliphatic rings. The van der Waals surface area contributed by atoms with Crippen molar-refractivity contribution in [3.63, 3.8) is 0 Å². The zero-order valence-electron chi connectivity index (χ0n) is 13.1. The van der Waals surface area contributed by atoms with Crippen LogP contribution in [0.1, 0.15) is 25.8 Å². The van der Waals surface area contributed by atoms with Gasteiger partial charge in [-0.05, 0) is 29.2 Å². The third kappa shape index (κ3) is 3.34. The van der Waals surface area contributed by atoms with Crippen molar-refractivity contribution in [3.05, 3.63) is 64.6 Å². The number of carbonyl (C=O) groups is 1. The summed E-state index contributed by atoms with van der Waals surface area (Å²) in [5.74, 6) is -0.585. The van der Waals surface area contributed by atoms with Gasteiger partial charge >= 0.3 is 5.76 Å². The highest BCUT2D eigenvalue weighted by atomic mass is 16.4. The molecule has 0 atom stereocenters. The number of benzene rings is 2. The number of fused-ring (bicyclic) bond motifs is 1. The molecule has 0 fully saturated rings. The summed E-state index contributed by atoms with van der Waals surface area (Å²) in [6.45, 7) is 4.08. The van der Waals surface area contributed by atoms with Crippen LogP contribution in [0.4, 0.5) is 5.69 Å². The van der Waals surface area contributed by atoms with Gasteiger partial charge in [0.2, 0.25) is 5.91 Å². The van der Waals surface area contributed by atoms with Crippen molar-refractivity contribution < 1.29 is 9.21 Å². The summed E-state index contributed by atoms with van der Waals surface area (Å²) >= 11 is 0. The Morgan fingerprint density at radius 3 is 2.65 bits per heavy atom. The van der Waals surface area contributed by atoms with Gasteiger partial charge in [0.05, 0.1) is 5.52 Å². The Morgan fingerprint density at radius 1 is 1.17 bits per heavy atom. The first-order valence-corrected chi connectivity index (χ1v) is 7.42. The Bertz CT molecular complexity index is 891. The maximum absolute atomic E-state index is 12.3. The van der Waals surface area contributed by atoms with Gasteiger partial charge in [-0.25, -0.2) is 4.79 Å². The molecule has 0 aliphatic heterocycles. The van der Waals surface area contributed by atoms with E-state index in [1.54, 1.807) is 18.2 Å². The monoisotopic (exact) mass is 310 g/mol. The maximum atomic E-state index is 12.3. The maximum Gasteiger partial charge on any atom is 0.417 e. The molecule has 1 aromatic heterocycles. The van der Waals surface area contributed by atoms with Crippen molar-refractivity contribution >= 4 is 22.7 Å². The Morgan fingerprint density at radius 2 is 1.91 bits per heavy atom. The highest BCUT2D eigenvalue weighted by Gasteiger charge is 2.24. The summed E-state index contributed by atoms with van der Waals surface area (Å²) in [4.78, 5) is 26.1. The van der Waals surface area contributed by atoms with E-state index >= 15 is 0 Å². The summed E-state index contributed by atoms with van der Waals surface area (Å²) in [5.41, 5.74) is 2.51. The van der Waals surface area contributed by atoms with Crippen molar-refractivity contribution in [2.75, 3.05) is 5.32 Å². The number of hydrogen-bond donors (Lipinski definition) is 2. The fraction of sp³-hybridized carbons (Fsp3) is 0.222. The van der Waals surface area contributed by atoms with Gasteiger partial charge in [0, 0.05) is 12.1 Å². The second-order valence-electron chi connectivity index (χ2n) is 6.20. The first-order chi connectivity index (χ1) is 10.9. The Balaban J connectivity index is 1.74. The quantitative estimate of drug-likeness (QED) is 0.775. The molecule has 5 nitrogen and oxygen atoms in total.